The smallest absolute Gasteiger partial charge is 0.232 e. The summed E-state index contributed by atoms with van der Waals surface area (Å²) in [5.41, 5.74) is 4.80. The molecule has 0 N–H and O–H groups in total. The molecule has 1 aromatic heterocycles. The summed E-state index contributed by atoms with van der Waals surface area (Å²) in [5.74, 6) is 0.546. The van der Waals surface area contributed by atoms with Crippen molar-refractivity contribution >= 4 is 6.34 Å². The van der Waals surface area contributed by atoms with Gasteiger partial charge in [-0.1, -0.05) is 18.2 Å². The second kappa shape index (κ2) is 5.33. The third-order valence-corrected chi connectivity index (χ3v) is 4.81. The van der Waals surface area contributed by atoms with Crippen LogP contribution < -0.4 is 4.74 Å². The van der Waals surface area contributed by atoms with E-state index in [9.17, 15) is 0 Å². The number of fused-ring (bicyclic) bond motifs is 1. The Kier molecular flexibility index (Phi) is 3.29. The van der Waals surface area contributed by atoms with Gasteiger partial charge in [-0.15, -0.1) is 0 Å². The van der Waals surface area contributed by atoms with E-state index in [1.54, 1.807) is 13.3 Å². The molecule has 1 atom stereocenters. The number of benzene rings is 1. The Morgan fingerprint density at radius 1 is 1.26 bits per heavy atom. The van der Waals surface area contributed by atoms with E-state index in [0.717, 1.165) is 37.1 Å². The first-order valence-electron chi connectivity index (χ1n) is 7.92. The lowest BCUT2D eigenvalue weighted by molar-refractivity contribution is 0.337. The number of aliphatic imine (C=N–C) groups is 1. The highest BCUT2D eigenvalue weighted by Gasteiger charge is 2.38. The van der Waals surface area contributed by atoms with Gasteiger partial charge in [-0.3, -0.25) is 9.98 Å². The molecule has 0 radical (unpaired) electrons. The van der Waals surface area contributed by atoms with Crippen LogP contribution >= 0.6 is 0 Å². The Balaban J connectivity index is 1.77. The van der Waals surface area contributed by atoms with E-state index in [2.05, 4.69) is 40.1 Å². The highest BCUT2D eigenvalue weighted by atomic mass is 16.5. The minimum Gasteiger partial charge on any atom is -0.480 e. The fourth-order valence-electron chi connectivity index (χ4n) is 3.69. The molecule has 5 nitrogen and oxygen atoms in total. The Hall–Kier alpha value is -2.43. The summed E-state index contributed by atoms with van der Waals surface area (Å²) in [7, 11) is 3.71. The highest BCUT2D eigenvalue weighted by Crippen LogP contribution is 2.38. The Morgan fingerprint density at radius 2 is 2.17 bits per heavy atom. The molecule has 2 aromatic rings. The summed E-state index contributed by atoms with van der Waals surface area (Å²) in [5, 5.41) is 0. The van der Waals surface area contributed by atoms with Gasteiger partial charge in [0.1, 0.15) is 0 Å². The molecule has 2 heterocycles. The fourth-order valence-corrected chi connectivity index (χ4v) is 3.69. The quantitative estimate of drug-likeness (QED) is 0.854. The van der Waals surface area contributed by atoms with Gasteiger partial charge in [-0.25, -0.2) is 4.98 Å². The van der Waals surface area contributed by atoms with Crippen LogP contribution in [0.3, 0.4) is 0 Å². The van der Waals surface area contributed by atoms with Crippen LogP contribution in [0.15, 0.2) is 35.6 Å². The third-order valence-electron chi connectivity index (χ3n) is 4.81. The first kappa shape index (κ1) is 14.2. The van der Waals surface area contributed by atoms with Gasteiger partial charge in [-0.2, -0.15) is 0 Å². The molecular formula is C18H20N4O. The van der Waals surface area contributed by atoms with E-state index in [-0.39, 0.29) is 5.54 Å². The number of ether oxygens (including phenoxy) is 1. The topological polar surface area (TPSA) is 50.6 Å². The molecule has 1 unspecified atom stereocenters. The molecule has 1 aliphatic carbocycles. The van der Waals surface area contributed by atoms with Crippen molar-refractivity contribution in [3.8, 4) is 17.1 Å². The molecule has 4 rings (SSSR count). The van der Waals surface area contributed by atoms with Crippen molar-refractivity contribution in [2.24, 2.45) is 4.99 Å². The maximum absolute atomic E-state index is 5.22. The summed E-state index contributed by atoms with van der Waals surface area (Å²) in [4.78, 5) is 15.8. The molecule has 0 fully saturated rings. The third kappa shape index (κ3) is 2.46. The van der Waals surface area contributed by atoms with Crippen LogP contribution in [-0.4, -0.2) is 47.4 Å². The average Bonchev–Trinajstić information content (AvgIpc) is 2.94. The number of hydrogen-bond donors (Lipinski definition) is 0. The predicted molar refractivity (Wildman–Crippen MR) is 89.9 cm³/mol. The fraction of sp³-hybridized carbons (Fsp3) is 0.389. The van der Waals surface area contributed by atoms with Crippen molar-refractivity contribution in [1.82, 2.24) is 14.9 Å². The zero-order chi connectivity index (χ0) is 15.9. The van der Waals surface area contributed by atoms with E-state index < -0.39 is 0 Å². The molecule has 0 saturated carbocycles. The SMILES string of the molecule is COc1cncc(-c2cccc3c2CC2(CC3)CN(C)C=N2)n1. The molecule has 1 aromatic carbocycles. The van der Waals surface area contributed by atoms with Crippen LogP contribution in [0.2, 0.25) is 0 Å². The van der Waals surface area contributed by atoms with Crippen molar-refractivity contribution < 1.29 is 4.74 Å². The lowest BCUT2D eigenvalue weighted by atomic mass is 9.76. The van der Waals surface area contributed by atoms with Gasteiger partial charge in [0.25, 0.3) is 0 Å². The lowest BCUT2D eigenvalue weighted by Crippen LogP contribution is -2.39. The minimum absolute atomic E-state index is 0.0180. The lowest BCUT2D eigenvalue weighted by Gasteiger charge is -2.33. The largest absolute Gasteiger partial charge is 0.480 e. The zero-order valence-corrected chi connectivity index (χ0v) is 13.5. The van der Waals surface area contributed by atoms with Crippen LogP contribution in [-0.2, 0) is 12.8 Å². The summed E-state index contributed by atoms with van der Waals surface area (Å²) in [6.07, 6.45) is 8.54. The number of methoxy groups -OCH3 is 1. The maximum atomic E-state index is 5.22. The van der Waals surface area contributed by atoms with Crippen molar-refractivity contribution in [1.29, 1.82) is 0 Å². The van der Waals surface area contributed by atoms with E-state index >= 15 is 0 Å². The Bertz CT molecular complexity index is 773. The predicted octanol–water partition coefficient (Wildman–Crippen LogP) is 2.35. The van der Waals surface area contributed by atoms with Crippen LogP contribution in [0.5, 0.6) is 5.88 Å². The van der Waals surface area contributed by atoms with Crippen LogP contribution in [0.25, 0.3) is 11.3 Å². The second-order valence-electron chi connectivity index (χ2n) is 6.45. The van der Waals surface area contributed by atoms with E-state index in [1.807, 2.05) is 12.5 Å². The van der Waals surface area contributed by atoms with Gasteiger partial charge in [0.05, 0.1) is 37.1 Å². The standard InChI is InChI=1S/C18H20N4O/c1-22-11-18(20-12-22)7-6-13-4-3-5-14(15(13)8-18)16-9-19-10-17(21-16)23-2/h3-5,9-10,12H,6-8,11H2,1-2H3. The van der Waals surface area contributed by atoms with Gasteiger partial charge >= 0.3 is 0 Å². The van der Waals surface area contributed by atoms with Crippen molar-refractivity contribution in [2.45, 2.75) is 24.8 Å². The van der Waals surface area contributed by atoms with Crippen LogP contribution in [0, 0.1) is 0 Å². The van der Waals surface area contributed by atoms with Crippen molar-refractivity contribution in [3.05, 3.63) is 41.7 Å². The number of aromatic nitrogens is 2. The van der Waals surface area contributed by atoms with Gasteiger partial charge in [0, 0.05) is 25.6 Å². The maximum Gasteiger partial charge on any atom is 0.232 e. The molecule has 1 aliphatic heterocycles. The molecule has 2 aliphatic rings. The minimum atomic E-state index is 0.0180. The first-order valence-corrected chi connectivity index (χ1v) is 7.92. The Labute approximate surface area is 136 Å². The van der Waals surface area contributed by atoms with E-state index in [4.69, 9.17) is 9.73 Å². The molecule has 1 spiro atoms. The molecule has 118 valence electrons. The number of rotatable bonds is 2. The zero-order valence-electron chi connectivity index (χ0n) is 13.5. The molecule has 5 heteroatoms. The number of nitrogens with zero attached hydrogens (tertiary/aromatic N) is 4. The molecule has 0 bridgehead atoms. The van der Waals surface area contributed by atoms with Gasteiger partial charge in [0.2, 0.25) is 5.88 Å². The van der Waals surface area contributed by atoms with E-state index in [0.29, 0.717) is 5.88 Å². The first-order chi connectivity index (χ1) is 11.2. The summed E-state index contributed by atoms with van der Waals surface area (Å²) < 4.78 is 5.22. The van der Waals surface area contributed by atoms with Crippen molar-refractivity contribution in [3.63, 3.8) is 0 Å². The second-order valence-corrected chi connectivity index (χ2v) is 6.45. The molecule has 0 amide bonds. The number of aryl methyl sites for hydroxylation is 1. The van der Waals surface area contributed by atoms with Gasteiger partial charge in [0.15, 0.2) is 0 Å². The van der Waals surface area contributed by atoms with E-state index in [1.165, 1.54) is 11.1 Å². The van der Waals surface area contributed by atoms with Crippen molar-refractivity contribution in [2.75, 3.05) is 20.7 Å². The molecule has 0 saturated heterocycles. The van der Waals surface area contributed by atoms with Crippen LogP contribution in [0.1, 0.15) is 17.5 Å². The van der Waals surface area contributed by atoms with Crippen LogP contribution in [0.4, 0.5) is 0 Å². The number of likely N-dealkylation sites (N-methyl/N-ethyl adjacent to an activating group) is 1. The number of hydrogen-bond acceptors (Lipinski definition) is 5. The molecule has 23 heavy (non-hydrogen) atoms. The highest BCUT2D eigenvalue weighted by molar-refractivity contribution is 5.67. The Morgan fingerprint density at radius 3 is 2.96 bits per heavy atom. The van der Waals surface area contributed by atoms with Gasteiger partial charge in [-0.05, 0) is 24.0 Å². The normalized spacial score (nSPS) is 22.4. The van der Waals surface area contributed by atoms with Gasteiger partial charge < -0.3 is 9.64 Å². The summed E-state index contributed by atoms with van der Waals surface area (Å²) in [6, 6.07) is 6.46. The summed E-state index contributed by atoms with van der Waals surface area (Å²) in [6.45, 7) is 0.991. The monoisotopic (exact) mass is 308 g/mol. The molecular weight excluding hydrogens is 288 g/mol. The average molecular weight is 308 g/mol. The summed E-state index contributed by atoms with van der Waals surface area (Å²) >= 11 is 0.